The molecule has 1 heterocycles. The minimum Gasteiger partial charge on any atom is -0.397 e. The van der Waals surface area contributed by atoms with E-state index in [-0.39, 0.29) is 0 Å². The molecule has 0 radical (unpaired) electrons. The number of aryl methyl sites for hydroxylation is 2. The zero-order valence-electron chi connectivity index (χ0n) is 9.67. The lowest BCUT2D eigenvalue weighted by Crippen LogP contribution is -2.03. The van der Waals surface area contributed by atoms with Gasteiger partial charge in [0.25, 0.3) is 0 Å². The van der Waals surface area contributed by atoms with Crippen molar-refractivity contribution in [3.8, 4) is 0 Å². The third-order valence-electron chi connectivity index (χ3n) is 2.80. The van der Waals surface area contributed by atoms with Gasteiger partial charge in [-0.05, 0) is 49.2 Å². The van der Waals surface area contributed by atoms with Crippen LogP contribution < -0.4 is 11.1 Å². The van der Waals surface area contributed by atoms with Gasteiger partial charge in [0.15, 0.2) is 0 Å². The number of H-pyrrole nitrogens is 1. The minimum absolute atomic E-state index is 0.764. The Labute approximate surface area is 95.7 Å². The van der Waals surface area contributed by atoms with Crippen LogP contribution in [0.1, 0.15) is 16.8 Å². The first-order chi connectivity index (χ1) is 7.66. The highest BCUT2D eigenvalue weighted by atomic mass is 14.9. The van der Waals surface area contributed by atoms with Gasteiger partial charge in [-0.1, -0.05) is 0 Å². The van der Waals surface area contributed by atoms with Crippen LogP contribution in [0.15, 0.2) is 30.5 Å². The topological polar surface area (TPSA) is 53.8 Å². The highest BCUT2D eigenvalue weighted by Crippen LogP contribution is 2.23. The van der Waals surface area contributed by atoms with Gasteiger partial charge in [-0.3, -0.25) is 0 Å². The maximum absolute atomic E-state index is 5.96. The first-order valence-electron chi connectivity index (χ1n) is 5.39. The average Bonchev–Trinajstić information content (AvgIpc) is 2.74. The SMILES string of the molecule is Cc1cc(N)c(NCc2ccc[nH]2)cc1C. The number of anilines is 2. The van der Waals surface area contributed by atoms with E-state index < -0.39 is 0 Å². The van der Waals surface area contributed by atoms with Crippen molar-refractivity contribution in [2.75, 3.05) is 11.1 Å². The molecular formula is C13H17N3. The molecule has 0 aliphatic heterocycles. The zero-order valence-corrected chi connectivity index (χ0v) is 9.67. The van der Waals surface area contributed by atoms with Gasteiger partial charge < -0.3 is 16.0 Å². The third kappa shape index (κ3) is 2.19. The number of nitrogens with one attached hydrogen (secondary N) is 2. The van der Waals surface area contributed by atoms with Crippen molar-refractivity contribution in [2.45, 2.75) is 20.4 Å². The van der Waals surface area contributed by atoms with Gasteiger partial charge in [-0.2, -0.15) is 0 Å². The van der Waals surface area contributed by atoms with E-state index in [2.05, 4.69) is 30.2 Å². The van der Waals surface area contributed by atoms with Crippen molar-refractivity contribution in [3.63, 3.8) is 0 Å². The number of nitrogen functional groups attached to an aromatic ring is 1. The molecule has 84 valence electrons. The van der Waals surface area contributed by atoms with E-state index in [0.717, 1.165) is 23.6 Å². The number of rotatable bonds is 3. The smallest absolute Gasteiger partial charge is 0.0579 e. The maximum atomic E-state index is 5.96. The van der Waals surface area contributed by atoms with Crippen LogP contribution in [0, 0.1) is 13.8 Å². The molecule has 0 atom stereocenters. The Hall–Kier alpha value is -1.90. The molecule has 0 aliphatic rings. The van der Waals surface area contributed by atoms with Gasteiger partial charge in [0, 0.05) is 11.9 Å². The number of aromatic amines is 1. The van der Waals surface area contributed by atoms with Crippen molar-refractivity contribution < 1.29 is 0 Å². The summed E-state index contributed by atoms with van der Waals surface area (Å²) in [6, 6.07) is 8.13. The molecule has 0 unspecified atom stereocenters. The normalized spacial score (nSPS) is 10.4. The number of benzene rings is 1. The van der Waals surface area contributed by atoms with E-state index in [9.17, 15) is 0 Å². The lowest BCUT2D eigenvalue weighted by Gasteiger charge is -2.11. The van der Waals surface area contributed by atoms with Gasteiger partial charge in [-0.15, -0.1) is 0 Å². The molecule has 0 bridgehead atoms. The summed E-state index contributed by atoms with van der Waals surface area (Å²) in [6.07, 6.45) is 1.92. The predicted octanol–water partition coefficient (Wildman–Crippen LogP) is 2.83. The molecule has 0 saturated heterocycles. The lowest BCUT2D eigenvalue weighted by molar-refractivity contribution is 1.07. The van der Waals surface area contributed by atoms with Crippen LogP contribution in [0.5, 0.6) is 0 Å². The molecular weight excluding hydrogens is 198 g/mol. The summed E-state index contributed by atoms with van der Waals surface area (Å²) in [6.45, 7) is 4.93. The van der Waals surface area contributed by atoms with Crippen LogP contribution in [0.25, 0.3) is 0 Å². The molecule has 0 spiro atoms. The van der Waals surface area contributed by atoms with Crippen molar-refractivity contribution in [1.29, 1.82) is 0 Å². The average molecular weight is 215 g/mol. The number of hydrogen-bond acceptors (Lipinski definition) is 2. The molecule has 2 rings (SSSR count). The molecule has 0 amide bonds. The number of aromatic nitrogens is 1. The van der Waals surface area contributed by atoms with Crippen molar-refractivity contribution >= 4 is 11.4 Å². The quantitative estimate of drug-likeness (QED) is 0.689. The highest BCUT2D eigenvalue weighted by molar-refractivity contribution is 5.68. The summed E-state index contributed by atoms with van der Waals surface area (Å²) in [5.41, 5.74) is 11.4. The molecule has 0 saturated carbocycles. The van der Waals surface area contributed by atoms with Crippen molar-refractivity contribution in [3.05, 3.63) is 47.3 Å². The standard InChI is InChI=1S/C13H17N3/c1-9-6-12(14)13(7-10(9)2)16-8-11-4-3-5-15-11/h3-7,15-16H,8,14H2,1-2H3. The van der Waals surface area contributed by atoms with Crippen LogP contribution in [0.3, 0.4) is 0 Å². The predicted molar refractivity (Wildman–Crippen MR) is 68.4 cm³/mol. The van der Waals surface area contributed by atoms with E-state index in [1.165, 1.54) is 11.1 Å². The zero-order chi connectivity index (χ0) is 11.5. The Morgan fingerprint density at radius 2 is 2.00 bits per heavy atom. The minimum atomic E-state index is 0.764. The Morgan fingerprint density at radius 1 is 1.25 bits per heavy atom. The van der Waals surface area contributed by atoms with Crippen molar-refractivity contribution in [2.24, 2.45) is 0 Å². The summed E-state index contributed by atoms with van der Waals surface area (Å²) in [5.74, 6) is 0. The van der Waals surface area contributed by atoms with E-state index in [1.807, 2.05) is 24.4 Å². The summed E-state index contributed by atoms with van der Waals surface area (Å²) in [7, 11) is 0. The Balaban J connectivity index is 2.12. The first kappa shape index (κ1) is 10.6. The second kappa shape index (κ2) is 4.31. The number of hydrogen-bond donors (Lipinski definition) is 3. The van der Waals surface area contributed by atoms with Gasteiger partial charge in [0.2, 0.25) is 0 Å². The third-order valence-corrected chi connectivity index (χ3v) is 2.80. The lowest BCUT2D eigenvalue weighted by atomic mass is 10.1. The molecule has 0 aliphatic carbocycles. The molecule has 3 nitrogen and oxygen atoms in total. The maximum Gasteiger partial charge on any atom is 0.0579 e. The highest BCUT2D eigenvalue weighted by Gasteiger charge is 2.02. The van der Waals surface area contributed by atoms with Crippen LogP contribution in [-0.4, -0.2) is 4.98 Å². The summed E-state index contributed by atoms with van der Waals surface area (Å²) in [5, 5.41) is 3.33. The van der Waals surface area contributed by atoms with E-state index in [1.54, 1.807) is 0 Å². The second-order valence-corrected chi connectivity index (χ2v) is 4.07. The second-order valence-electron chi connectivity index (χ2n) is 4.07. The van der Waals surface area contributed by atoms with E-state index in [0.29, 0.717) is 0 Å². The van der Waals surface area contributed by atoms with Gasteiger partial charge >= 0.3 is 0 Å². The van der Waals surface area contributed by atoms with Crippen LogP contribution in [0.4, 0.5) is 11.4 Å². The summed E-state index contributed by atoms with van der Waals surface area (Å²) in [4.78, 5) is 3.15. The molecule has 1 aromatic carbocycles. The molecule has 2 aromatic rings. The van der Waals surface area contributed by atoms with Crippen LogP contribution in [0.2, 0.25) is 0 Å². The van der Waals surface area contributed by atoms with Crippen LogP contribution >= 0.6 is 0 Å². The fraction of sp³-hybridized carbons (Fsp3) is 0.231. The Morgan fingerprint density at radius 3 is 2.69 bits per heavy atom. The molecule has 4 N–H and O–H groups in total. The molecule has 1 aromatic heterocycles. The fourth-order valence-corrected chi connectivity index (χ4v) is 1.66. The van der Waals surface area contributed by atoms with Gasteiger partial charge in [0.1, 0.15) is 0 Å². The van der Waals surface area contributed by atoms with E-state index >= 15 is 0 Å². The van der Waals surface area contributed by atoms with Crippen LogP contribution in [-0.2, 0) is 6.54 Å². The summed E-state index contributed by atoms with van der Waals surface area (Å²) < 4.78 is 0. The van der Waals surface area contributed by atoms with Gasteiger partial charge in [-0.25, -0.2) is 0 Å². The van der Waals surface area contributed by atoms with E-state index in [4.69, 9.17) is 5.73 Å². The number of nitrogens with two attached hydrogens (primary N) is 1. The molecule has 3 heteroatoms. The monoisotopic (exact) mass is 215 g/mol. The molecule has 16 heavy (non-hydrogen) atoms. The van der Waals surface area contributed by atoms with Crippen molar-refractivity contribution in [1.82, 2.24) is 4.98 Å². The fourth-order valence-electron chi connectivity index (χ4n) is 1.66. The van der Waals surface area contributed by atoms with Gasteiger partial charge in [0.05, 0.1) is 17.9 Å². The summed E-state index contributed by atoms with van der Waals surface area (Å²) >= 11 is 0. The first-order valence-corrected chi connectivity index (χ1v) is 5.39. The largest absolute Gasteiger partial charge is 0.397 e. The Bertz CT molecular complexity index is 472. The molecule has 0 fully saturated rings. The Kier molecular flexibility index (Phi) is 2.86.